The summed E-state index contributed by atoms with van der Waals surface area (Å²) in [6.45, 7) is 6.34. The standard InChI is InChI=1S/C13H19BrN2O/c1-4-10(5-2)9(3)15-13(17)11-7-6-8-12(14)16-11/h6-10H,4-5H2,1-3H3,(H,15,17). The summed E-state index contributed by atoms with van der Waals surface area (Å²) in [5.41, 5.74) is 0.456. The molecular formula is C13H19BrN2O. The van der Waals surface area contributed by atoms with E-state index in [9.17, 15) is 4.79 Å². The van der Waals surface area contributed by atoms with Crippen LogP contribution in [0.2, 0.25) is 0 Å². The molecule has 1 N–H and O–H groups in total. The summed E-state index contributed by atoms with van der Waals surface area (Å²) in [5, 5.41) is 3.00. The van der Waals surface area contributed by atoms with Crippen LogP contribution in [0, 0.1) is 5.92 Å². The zero-order valence-corrected chi connectivity index (χ0v) is 12.1. The van der Waals surface area contributed by atoms with Gasteiger partial charge >= 0.3 is 0 Å². The van der Waals surface area contributed by atoms with Gasteiger partial charge in [-0.3, -0.25) is 4.79 Å². The first-order valence-electron chi connectivity index (χ1n) is 6.01. The van der Waals surface area contributed by atoms with E-state index < -0.39 is 0 Å². The molecule has 0 aliphatic carbocycles. The van der Waals surface area contributed by atoms with Gasteiger partial charge in [-0.25, -0.2) is 4.98 Å². The summed E-state index contributed by atoms with van der Waals surface area (Å²) in [7, 11) is 0. The van der Waals surface area contributed by atoms with Gasteiger partial charge in [-0.1, -0.05) is 32.8 Å². The van der Waals surface area contributed by atoms with Gasteiger partial charge in [0, 0.05) is 6.04 Å². The van der Waals surface area contributed by atoms with Gasteiger partial charge in [-0.15, -0.1) is 0 Å². The molecule has 0 saturated heterocycles. The van der Waals surface area contributed by atoms with Crippen molar-refractivity contribution in [3.63, 3.8) is 0 Å². The third kappa shape index (κ3) is 4.11. The van der Waals surface area contributed by atoms with Gasteiger partial charge in [0.15, 0.2) is 0 Å². The molecule has 0 bridgehead atoms. The van der Waals surface area contributed by atoms with Gasteiger partial charge in [0.2, 0.25) is 0 Å². The molecule has 1 unspecified atom stereocenters. The van der Waals surface area contributed by atoms with Crippen molar-refractivity contribution in [3.8, 4) is 0 Å². The number of carbonyl (C=O) groups is 1. The number of aromatic nitrogens is 1. The van der Waals surface area contributed by atoms with Gasteiger partial charge in [-0.05, 0) is 40.9 Å². The van der Waals surface area contributed by atoms with E-state index in [-0.39, 0.29) is 11.9 Å². The van der Waals surface area contributed by atoms with E-state index in [1.165, 1.54) is 0 Å². The SMILES string of the molecule is CCC(CC)C(C)NC(=O)c1cccc(Br)n1. The van der Waals surface area contributed by atoms with Crippen molar-refractivity contribution in [1.29, 1.82) is 0 Å². The minimum Gasteiger partial charge on any atom is -0.348 e. The Morgan fingerprint density at radius 3 is 2.59 bits per heavy atom. The number of amides is 1. The third-order valence-corrected chi connectivity index (χ3v) is 3.50. The Kier molecular flexibility index (Phi) is 5.62. The fraction of sp³-hybridized carbons (Fsp3) is 0.538. The first-order valence-corrected chi connectivity index (χ1v) is 6.81. The van der Waals surface area contributed by atoms with Crippen molar-refractivity contribution in [3.05, 3.63) is 28.5 Å². The summed E-state index contributed by atoms with van der Waals surface area (Å²) < 4.78 is 0.681. The second kappa shape index (κ2) is 6.74. The molecule has 17 heavy (non-hydrogen) atoms. The maximum Gasteiger partial charge on any atom is 0.270 e. The molecule has 1 amide bonds. The summed E-state index contributed by atoms with van der Waals surface area (Å²) in [5.74, 6) is 0.414. The number of halogens is 1. The Morgan fingerprint density at radius 1 is 1.41 bits per heavy atom. The lowest BCUT2D eigenvalue weighted by molar-refractivity contribution is 0.0920. The van der Waals surface area contributed by atoms with Crippen LogP contribution in [0.4, 0.5) is 0 Å². The molecule has 1 heterocycles. The van der Waals surface area contributed by atoms with Crippen molar-refractivity contribution in [2.24, 2.45) is 5.92 Å². The number of hydrogen-bond donors (Lipinski definition) is 1. The molecule has 0 aromatic carbocycles. The maximum absolute atomic E-state index is 11.9. The molecule has 0 radical (unpaired) electrons. The predicted octanol–water partition coefficient (Wildman–Crippen LogP) is 3.40. The van der Waals surface area contributed by atoms with Crippen LogP contribution in [0.25, 0.3) is 0 Å². The highest BCUT2D eigenvalue weighted by Crippen LogP contribution is 2.13. The van der Waals surface area contributed by atoms with Crippen LogP contribution in [0.15, 0.2) is 22.8 Å². The zero-order chi connectivity index (χ0) is 12.8. The number of hydrogen-bond acceptors (Lipinski definition) is 2. The topological polar surface area (TPSA) is 42.0 Å². The molecule has 3 nitrogen and oxygen atoms in total. The highest BCUT2D eigenvalue weighted by Gasteiger charge is 2.17. The molecular weight excluding hydrogens is 280 g/mol. The fourth-order valence-electron chi connectivity index (χ4n) is 1.93. The summed E-state index contributed by atoms with van der Waals surface area (Å²) in [6, 6.07) is 5.52. The van der Waals surface area contributed by atoms with E-state index in [0.717, 1.165) is 12.8 Å². The second-order valence-electron chi connectivity index (χ2n) is 4.18. The lowest BCUT2D eigenvalue weighted by atomic mass is 9.95. The highest BCUT2D eigenvalue weighted by atomic mass is 79.9. The quantitative estimate of drug-likeness (QED) is 0.847. The van der Waals surface area contributed by atoms with Crippen molar-refractivity contribution < 1.29 is 4.79 Å². The summed E-state index contributed by atoms with van der Waals surface area (Å²) in [6.07, 6.45) is 2.15. The van der Waals surface area contributed by atoms with Crippen LogP contribution in [0.1, 0.15) is 44.1 Å². The highest BCUT2D eigenvalue weighted by molar-refractivity contribution is 9.10. The van der Waals surface area contributed by atoms with Gasteiger partial charge in [-0.2, -0.15) is 0 Å². The van der Waals surface area contributed by atoms with Crippen LogP contribution >= 0.6 is 15.9 Å². The number of rotatable bonds is 5. The van der Waals surface area contributed by atoms with Gasteiger partial charge < -0.3 is 5.32 Å². The van der Waals surface area contributed by atoms with E-state index in [1.54, 1.807) is 12.1 Å². The Morgan fingerprint density at radius 2 is 2.06 bits per heavy atom. The van der Waals surface area contributed by atoms with E-state index in [4.69, 9.17) is 0 Å². The zero-order valence-electron chi connectivity index (χ0n) is 10.5. The first kappa shape index (κ1) is 14.2. The van der Waals surface area contributed by atoms with Crippen LogP contribution in [-0.4, -0.2) is 16.9 Å². The van der Waals surface area contributed by atoms with Crippen molar-refractivity contribution in [2.75, 3.05) is 0 Å². The molecule has 1 aromatic heterocycles. The van der Waals surface area contributed by atoms with E-state index in [1.807, 2.05) is 13.0 Å². The lowest BCUT2D eigenvalue weighted by Crippen LogP contribution is -2.38. The number of carbonyl (C=O) groups excluding carboxylic acids is 1. The molecule has 0 aliphatic rings. The van der Waals surface area contributed by atoms with Crippen LogP contribution < -0.4 is 5.32 Å². The van der Waals surface area contributed by atoms with E-state index in [2.05, 4.69) is 40.1 Å². The average Bonchev–Trinajstić information content (AvgIpc) is 2.30. The maximum atomic E-state index is 11.9. The largest absolute Gasteiger partial charge is 0.348 e. The normalized spacial score (nSPS) is 12.5. The Balaban J connectivity index is 2.66. The lowest BCUT2D eigenvalue weighted by Gasteiger charge is -2.22. The molecule has 1 atom stereocenters. The molecule has 0 saturated carbocycles. The summed E-state index contributed by atoms with van der Waals surface area (Å²) in [4.78, 5) is 16.1. The van der Waals surface area contributed by atoms with Crippen molar-refractivity contribution >= 4 is 21.8 Å². The second-order valence-corrected chi connectivity index (χ2v) is 5.00. The molecule has 94 valence electrons. The van der Waals surface area contributed by atoms with Crippen LogP contribution in [0.5, 0.6) is 0 Å². The van der Waals surface area contributed by atoms with Crippen molar-refractivity contribution in [2.45, 2.75) is 39.7 Å². The Bertz CT molecular complexity index is 377. The Hall–Kier alpha value is -0.900. The minimum atomic E-state index is -0.106. The molecule has 1 aromatic rings. The molecule has 0 spiro atoms. The van der Waals surface area contributed by atoms with Gasteiger partial charge in [0.05, 0.1) is 0 Å². The van der Waals surface area contributed by atoms with Gasteiger partial charge in [0.25, 0.3) is 5.91 Å². The Labute approximate surface area is 111 Å². The third-order valence-electron chi connectivity index (χ3n) is 3.06. The molecule has 0 aliphatic heterocycles. The van der Waals surface area contributed by atoms with Crippen LogP contribution in [-0.2, 0) is 0 Å². The van der Waals surface area contributed by atoms with Gasteiger partial charge in [0.1, 0.15) is 10.3 Å². The fourth-order valence-corrected chi connectivity index (χ4v) is 2.27. The number of nitrogens with zero attached hydrogens (tertiary/aromatic N) is 1. The molecule has 0 fully saturated rings. The van der Waals surface area contributed by atoms with Crippen molar-refractivity contribution in [1.82, 2.24) is 10.3 Å². The number of pyridine rings is 1. The summed E-state index contributed by atoms with van der Waals surface area (Å²) >= 11 is 3.26. The predicted molar refractivity (Wildman–Crippen MR) is 72.9 cm³/mol. The molecule has 1 rings (SSSR count). The van der Waals surface area contributed by atoms with Crippen LogP contribution in [0.3, 0.4) is 0 Å². The smallest absolute Gasteiger partial charge is 0.270 e. The monoisotopic (exact) mass is 298 g/mol. The van der Waals surface area contributed by atoms with E-state index >= 15 is 0 Å². The average molecular weight is 299 g/mol. The minimum absolute atomic E-state index is 0.106. The first-order chi connectivity index (χ1) is 8.08. The molecule has 4 heteroatoms. The van der Waals surface area contributed by atoms with E-state index in [0.29, 0.717) is 16.2 Å². The number of nitrogens with one attached hydrogen (secondary N) is 1.